The van der Waals surface area contributed by atoms with Crippen LogP contribution < -0.4 is 5.32 Å². The van der Waals surface area contributed by atoms with E-state index in [1.807, 2.05) is 13.0 Å². The van der Waals surface area contributed by atoms with Gasteiger partial charge in [0.25, 0.3) is 0 Å². The highest BCUT2D eigenvalue weighted by atomic mass is 16.3. The van der Waals surface area contributed by atoms with Crippen molar-refractivity contribution in [1.82, 2.24) is 5.32 Å². The van der Waals surface area contributed by atoms with E-state index >= 15 is 0 Å². The standard InChI is InChI=1S/C11H15NO3/c1-7-9(6-13)12-8(5-10(7)14)11-3-2-4-15-11/h2-4,7-9,12-13H,5-6H2,1H3/t7-,8-,9-/m1/s1. The molecule has 4 nitrogen and oxygen atoms in total. The summed E-state index contributed by atoms with van der Waals surface area (Å²) in [5.74, 6) is 0.809. The van der Waals surface area contributed by atoms with Crippen LogP contribution in [0, 0.1) is 5.92 Å². The number of hydrogen-bond acceptors (Lipinski definition) is 4. The van der Waals surface area contributed by atoms with Gasteiger partial charge in [0.1, 0.15) is 11.5 Å². The Morgan fingerprint density at radius 2 is 2.47 bits per heavy atom. The summed E-state index contributed by atoms with van der Waals surface area (Å²) < 4.78 is 5.25. The molecule has 1 aromatic rings. The van der Waals surface area contributed by atoms with Crippen LogP contribution >= 0.6 is 0 Å². The number of carbonyl (C=O) groups excluding carboxylic acids is 1. The fourth-order valence-corrected chi connectivity index (χ4v) is 1.96. The largest absolute Gasteiger partial charge is 0.468 e. The van der Waals surface area contributed by atoms with E-state index in [-0.39, 0.29) is 30.4 Å². The van der Waals surface area contributed by atoms with Gasteiger partial charge in [-0.3, -0.25) is 4.79 Å². The van der Waals surface area contributed by atoms with Crippen LogP contribution in [0.3, 0.4) is 0 Å². The maximum Gasteiger partial charge on any atom is 0.139 e. The molecule has 0 spiro atoms. The van der Waals surface area contributed by atoms with Crippen molar-refractivity contribution in [2.75, 3.05) is 6.61 Å². The smallest absolute Gasteiger partial charge is 0.139 e. The Bertz CT molecular complexity index is 334. The second-order valence-corrected chi connectivity index (χ2v) is 3.98. The molecule has 0 unspecified atom stereocenters. The number of carbonyl (C=O) groups is 1. The van der Waals surface area contributed by atoms with Gasteiger partial charge in [0.15, 0.2) is 0 Å². The first-order valence-corrected chi connectivity index (χ1v) is 5.15. The summed E-state index contributed by atoms with van der Waals surface area (Å²) in [5.41, 5.74) is 0. The molecular formula is C11H15NO3. The molecule has 0 saturated carbocycles. The molecule has 82 valence electrons. The number of rotatable bonds is 2. The Balaban J connectivity index is 2.13. The zero-order valence-corrected chi connectivity index (χ0v) is 8.64. The lowest BCUT2D eigenvalue weighted by Crippen LogP contribution is -2.48. The summed E-state index contributed by atoms with van der Waals surface area (Å²) in [6.07, 6.45) is 2.03. The van der Waals surface area contributed by atoms with E-state index in [2.05, 4.69) is 5.32 Å². The number of Topliss-reactive ketones (excluding diaryl/α,β-unsaturated/α-hetero) is 1. The van der Waals surface area contributed by atoms with Gasteiger partial charge in [-0.05, 0) is 12.1 Å². The summed E-state index contributed by atoms with van der Waals surface area (Å²) in [6, 6.07) is 3.38. The number of hydrogen-bond donors (Lipinski definition) is 2. The monoisotopic (exact) mass is 209 g/mol. The van der Waals surface area contributed by atoms with E-state index < -0.39 is 0 Å². The van der Waals surface area contributed by atoms with E-state index in [1.165, 1.54) is 0 Å². The fraction of sp³-hybridized carbons (Fsp3) is 0.545. The Kier molecular flexibility index (Phi) is 2.88. The molecule has 0 aliphatic carbocycles. The van der Waals surface area contributed by atoms with E-state index in [0.717, 1.165) is 5.76 Å². The summed E-state index contributed by atoms with van der Waals surface area (Å²) >= 11 is 0. The van der Waals surface area contributed by atoms with Crippen LogP contribution in [-0.2, 0) is 4.79 Å². The van der Waals surface area contributed by atoms with Gasteiger partial charge in [-0.25, -0.2) is 0 Å². The van der Waals surface area contributed by atoms with Crippen molar-refractivity contribution < 1.29 is 14.3 Å². The highest BCUT2D eigenvalue weighted by molar-refractivity contribution is 5.83. The topological polar surface area (TPSA) is 62.5 Å². The van der Waals surface area contributed by atoms with Gasteiger partial charge in [-0.2, -0.15) is 0 Å². The zero-order valence-electron chi connectivity index (χ0n) is 8.64. The maximum absolute atomic E-state index is 11.7. The van der Waals surface area contributed by atoms with Gasteiger partial charge in [-0.1, -0.05) is 6.92 Å². The number of ketones is 1. The predicted octanol–water partition coefficient (Wildman–Crippen LogP) is 0.880. The van der Waals surface area contributed by atoms with Gasteiger partial charge in [-0.15, -0.1) is 0 Å². The van der Waals surface area contributed by atoms with Crippen molar-refractivity contribution in [3.05, 3.63) is 24.2 Å². The normalized spacial score (nSPS) is 31.9. The average molecular weight is 209 g/mol. The number of piperidine rings is 1. The zero-order chi connectivity index (χ0) is 10.8. The molecule has 1 fully saturated rings. The summed E-state index contributed by atoms with van der Waals surface area (Å²) in [7, 11) is 0. The Labute approximate surface area is 88.3 Å². The van der Waals surface area contributed by atoms with Crippen LogP contribution in [0.15, 0.2) is 22.8 Å². The van der Waals surface area contributed by atoms with Crippen molar-refractivity contribution in [2.24, 2.45) is 5.92 Å². The number of aliphatic hydroxyl groups is 1. The van der Waals surface area contributed by atoms with Crippen LogP contribution in [0.5, 0.6) is 0 Å². The molecule has 1 aromatic heterocycles. The summed E-state index contributed by atoms with van der Waals surface area (Å²) in [6.45, 7) is 1.82. The number of nitrogens with one attached hydrogen (secondary N) is 1. The molecule has 0 amide bonds. The third-order valence-electron chi connectivity index (χ3n) is 3.02. The SMILES string of the molecule is C[C@H]1C(=O)C[C@H](c2ccco2)N[C@@H]1CO. The van der Waals surface area contributed by atoms with Crippen LogP contribution in [0.4, 0.5) is 0 Å². The molecule has 0 bridgehead atoms. The van der Waals surface area contributed by atoms with E-state index in [1.54, 1.807) is 12.3 Å². The van der Waals surface area contributed by atoms with Gasteiger partial charge >= 0.3 is 0 Å². The molecule has 2 rings (SSSR count). The summed E-state index contributed by atoms with van der Waals surface area (Å²) in [4.78, 5) is 11.7. The third-order valence-corrected chi connectivity index (χ3v) is 3.02. The Hall–Kier alpha value is -1.13. The molecule has 2 N–H and O–H groups in total. The first-order valence-electron chi connectivity index (χ1n) is 5.15. The van der Waals surface area contributed by atoms with Crippen LogP contribution in [0.25, 0.3) is 0 Å². The third kappa shape index (κ3) is 1.96. The molecule has 0 aromatic carbocycles. The van der Waals surface area contributed by atoms with Crippen LogP contribution in [0.1, 0.15) is 25.1 Å². The fourth-order valence-electron chi connectivity index (χ4n) is 1.96. The quantitative estimate of drug-likeness (QED) is 0.759. The lowest BCUT2D eigenvalue weighted by atomic mass is 9.87. The van der Waals surface area contributed by atoms with E-state index in [9.17, 15) is 4.79 Å². The van der Waals surface area contributed by atoms with Gasteiger partial charge < -0.3 is 14.8 Å². The van der Waals surface area contributed by atoms with Crippen molar-refractivity contribution in [2.45, 2.75) is 25.4 Å². The lowest BCUT2D eigenvalue weighted by Gasteiger charge is -2.32. The van der Waals surface area contributed by atoms with E-state index in [4.69, 9.17) is 9.52 Å². The average Bonchev–Trinajstić information content (AvgIpc) is 2.75. The van der Waals surface area contributed by atoms with Crippen LogP contribution in [0.2, 0.25) is 0 Å². The van der Waals surface area contributed by atoms with Crippen molar-refractivity contribution in [3.8, 4) is 0 Å². The second-order valence-electron chi connectivity index (χ2n) is 3.98. The van der Waals surface area contributed by atoms with Crippen molar-refractivity contribution in [1.29, 1.82) is 0 Å². The second kappa shape index (κ2) is 4.16. The minimum atomic E-state index is -0.165. The molecule has 4 heteroatoms. The van der Waals surface area contributed by atoms with Gasteiger partial charge in [0, 0.05) is 18.4 Å². The highest BCUT2D eigenvalue weighted by Crippen LogP contribution is 2.26. The molecule has 1 saturated heterocycles. The summed E-state index contributed by atoms with van der Waals surface area (Å²) in [5, 5.41) is 12.4. The molecule has 1 aliphatic rings. The van der Waals surface area contributed by atoms with Crippen molar-refractivity contribution in [3.63, 3.8) is 0 Å². The minimum absolute atomic E-state index is 0.0237. The van der Waals surface area contributed by atoms with Gasteiger partial charge in [0.2, 0.25) is 0 Å². The molecule has 1 aliphatic heterocycles. The highest BCUT2D eigenvalue weighted by Gasteiger charge is 2.34. The van der Waals surface area contributed by atoms with Crippen molar-refractivity contribution >= 4 is 5.78 Å². The first kappa shape index (κ1) is 10.4. The van der Waals surface area contributed by atoms with Crippen LogP contribution in [-0.4, -0.2) is 23.5 Å². The predicted molar refractivity (Wildman–Crippen MR) is 54.2 cm³/mol. The Morgan fingerprint density at radius 3 is 3.07 bits per heavy atom. The number of furan rings is 1. The van der Waals surface area contributed by atoms with E-state index in [0.29, 0.717) is 6.42 Å². The molecule has 15 heavy (non-hydrogen) atoms. The number of aliphatic hydroxyl groups excluding tert-OH is 1. The first-order chi connectivity index (χ1) is 7.22. The Morgan fingerprint density at radius 1 is 1.67 bits per heavy atom. The molecule has 0 radical (unpaired) electrons. The molecular weight excluding hydrogens is 194 g/mol. The van der Waals surface area contributed by atoms with Gasteiger partial charge in [0.05, 0.1) is 18.9 Å². The minimum Gasteiger partial charge on any atom is -0.468 e. The maximum atomic E-state index is 11.7. The molecule has 3 atom stereocenters. The lowest BCUT2D eigenvalue weighted by molar-refractivity contribution is -0.126. The molecule has 2 heterocycles.